The van der Waals surface area contributed by atoms with E-state index < -0.39 is 5.97 Å². The van der Waals surface area contributed by atoms with Gasteiger partial charge in [0, 0.05) is 17.5 Å². The molecule has 29 heavy (non-hydrogen) atoms. The lowest BCUT2D eigenvalue weighted by Crippen LogP contribution is -2.48. The maximum atomic E-state index is 12.3. The van der Waals surface area contributed by atoms with Crippen molar-refractivity contribution in [2.45, 2.75) is 46.1 Å². The fourth-order valence-electron chi connectivity index (χ4n) is 5.17. The van der Waals surface area contributed by atoms with Crippen LogP contribution in [0.5, 0.6) is 0 Å². The van der Waals surface area contributed by atoms with E-state index in [4.69, 9.17) is 4.74 Å². The van der Waals surface area contributed by atoms with Gasteiger partial charge in [0.15, 0.2) is 6.61 Å². The number of hydrogen-bond acceptors (Lipinski definition) is 4. The minimum Gasteiger partial charge on any atom is -0.452 e. The van der Waals surface area contributed by atoms with Crippen molar-refractivity contribution in [1.82, 2.24) is 10.3 Å². The van der Waals surface area contributed by atoms with Crippen molar-refractivity contribution in [3.8, 4) is 0 Å². The lowest BCUT2D eigenvalue weighted by molar-refractivity contribution is -0.144. The van der Waals surface area contributed by atoms with E-state index in [1.54, 1.807) is 6.08 Å². The summed E-state index contributed by atoms with van der Waals surface area (Å²) in [5.41, 5.74) is 1.88. The first kappa shape index (κ1) is 19.6. The van der Waals surface area contributed by atoms with E-state index in [1.165, 1.54) is 12.5 Å². The molecule has 2 aliphatic rings. The van der Waals surface area contributed by atoms with Crippen LogP contribution in [0.15, 0.2) is 42.5 Å². The molecule has 1 N–H and O–H groups in total. The monoisotopic (exact) mass is 392 g/mol. The Kier molecular flexibility index (Phi) is 4.93. The second kappa shape index (κ2) is 7.29. The summed E-state index contributed by atoms with van der Waals surface area (Å²) in [5.74, 6) is -0.127. The van der Waals surface area contributed by atoms with Gasteiger partial charge in [0.2, 0.25) is 0 Å². The van der Waals surface area contributed by atoms with E-state index in [1.807, 2.05) is 36.4 Å². The average molecular weight is 392 g/mol. The average Bonchev–Trinajstić information content (AvgIpc) is 3.04. The molecule has 5 heteroatoms. The molecule has 1 heterocycles. The first-order chi connectivity index (χ1) is 13.8. The summed E-state index contributed by atoms with van der Waals surface area (Å²) < 4.78 is 5.12. The third kappa shape index (κ3) is 3.54. The number of rotatable bonds is 5. The summed E-state index contributed by atoms with van der Waals surface area (Å²) in [4.78, 5) is 28.8. The first-order valence-electron chi connectivity index (χ1n) is 10.3. The molecule has 3 atom stereocenters. The first-order valence-corrected chi connectivity index (χ1v) is 10.3. The normalized spacial score (nSPS) is 27.4. The molecule has 3 unspecified atom stereocenters. The van der Waals surface area contributed by atoms with Crippen molar-refractivity contribution in [3.05, 3.63) is 48.2 Å². The molecule has 2 fully saturated rings. The lowest BCUT2D eigenvalue weighted by atomic mass is 9.69. The molecule has 152 valence electrons. The molecule has 4 rings (SSSR count). The number of aromatic nitrogens is 1. The van der Waals surface area contributed by atoms with E-state index in [-0.39, 0.29) is 29.4 Å². The number of ether oxygens (including phenoxy) is 1. The van der Waals surface area contributed by atoms with Gasteiger partial charge in [0.25, 0.3) is 5.91 Å². The second-order valence-corrected chi connectivity index (χ2v) is 9.10. The highest BCUT2D eigenvalue weighted by atomic mass is 16.5. The molecule has 1 aromatic heterocycles. The zero-order valence-electron chi connectivity index (χ0n) is 17.3. The summed E-state index contributed by atoms with van der Waals surface area (Å²) in [5, 5.41) is 4.15. The fraction of sp³-hybridized carbons (Fsp3) is 0.458. The van der Waals surface area contributed by atoms with Crippen LogP contribution >= 0.6 is 0 Å². The van der Waals surface area contributed by atoms with Crippen molar-refractivity contribution >= 4 is 28.9 Å². The van der Waals surface area contributed by atoms with Crippen LogP contribution in [0.3, 0.4) is 0 Å². The molecular weight excluding hydrogens is 364 g/mol. The highest BCUT2D eigenvalue weighted by Gasteiger charge is 2.61. The van der Waals surface area contributed by atoms with E-state index >= 15 is 0 Å². The molecule has 0 aliphatic heterocycles. The van der Waals surface area contributed by atoms with Crippen molar-refractivity contribution in [2.24, 2.45) is 16.7 Å². The number of nitrogens with one attached hydrogen (secondary N) is 1. The van der Waals surface area contributed by atoms with Crippen LogP contribution in [0.4, 0.5) is 0 Å². The molecule has 1 amide bonds. The number of esters is 1. The Bertz CT molecular complexity index is 981. The van der Waals surface area contributed by atoms with Crippen LogP contribution < -0.4 is 5.32 Å². The third-order valence-electron chi connectivity index (χ3n) is 7.48. The van der Waals surface area contributed by atoms with Crippen molar-refractivity contribution in [2.75, 3.05) is 6.61 Å². The van der Waals surface area contributed by atoms with E-state index in [0.29, 0.717) is 11.6 Å². The predicted molar refractivity (Wildman–Crippen MR) is 113 cm³/mol. The van der Waals surface area contributed by atoms with E-state index in [2.05, 4.69) is 31.1 Å². The zero-order valence-corrected chi connectivity index (χ0v) is 17.3. The molecule has 2 bridgehead atoms. The second-order valence-electron chi connectivity index (χ2n) is 9.10. The van der Waals surface area contributed by atoms with Gasteiger partial charge in [-0.15, -0.1) is 0 Å². The van der Waals surface area contributed by atoms with Gasteiger partial charge in [-0.1, -0.05) is 45.0 Å². The SMILES string of the molecule is CC1(C)C2CCC1(C)C(NC(=O)COC(=O)/C=C/c1ccc3ccccc3n1)C2. The Morgan fingerprint density at radius 3 is 2.72 bits per heavy atom. The van der Waals surface area contributed by atoms with Gasteiger partial charge in [-0.2, -0.15) is 0 Å². The number of carbonyl (C=O) groups is 2. The minimum absolute atomic E-state index is 0.110. The Balaban J connectivity index is 1.29. The highest BCUT2D eigenvalue weighted by molar-refractivity contribution is 5.89. The van der Waals surface area contributed by atoms with Crippen molar-refractivity contribution in [3.63, 3.8) is 0 Å². The largest absolute Gasteiger partial charge is 0.452 e. The van der Waals surface area contributed by atoms with E-state index in [0.717, 1.165) is 23.7 Å². The highest BCUT2D eigenvalue weighted by Crippen LogP contribution is 2.65. The lowest BCUT2D eigenvalue weighted by Gasteiger charge is -2.39. The molecule has 0 radical (unpaired) electrons. The predicted octanol–water partition coefficient (Wildman–Crippen LogP) is 4.12. The number of carbonyl (C=O) groups excluding carboxylic acids is 2. The molecule has 2 saturated carbocycles. The number of fused-ring (bicyclic) bond motifs is 3. The van der Waals surface area contributed by atoms with Crippen LogP contribution in [0.1, 0.15) is 45.7 Å². The van der Waals surface area contributed by atoms with Crippen LogP contribution in [-0.2, 0) is 14.3 Å². The Morgan fingerprint density at radius 1 is 1.21 bits per heavy atom. The van der Waals surface area contributed by atoms with Gasteiger partial charge in [0.05, 0.1) is 11.2 Å². The molecule has 2 aromatic rings. The summed E-state index contributed by atoms with van der Waals surface area (Å²) in [6.07, 6.45) is 6.30. The van der Waals surface area contributed by atoms with Crippen LogP contribution in [0.2, 0.25) is 0 Å². The Hall–Kier alpha value is -2.69. The quantitative estimate of drug-likeness (QED) is 0.614. The summed E-state index contributed by atoms with van der Waals surface area (Å²) >= 11 is 0. The maximum Gasteiger partial charge on any atom is 0.331 e. The van der Waals surface area contributed by atoms with Gasteiger partial charge in [-0.25, -0.2) is 9.78 Å². The van der Waals surface area contributed by atoms with E-state index in [9.17, 15) is 9.59 Å². The number of nitrogens with zero attached hydrogens (tertiary/aromatic N) is 1. The standard InChI is InChI=1S/C24H28N2O3/c1-23(2)17-12-13-24(23,3)20(14-17)26-21(27)15-29-22(28)11-10-18-9-8-16-6-4-5-7-19(16)25-18/h4-11,17,20H,12-15H2,1-3H3,(H,26,27)/b11-10+. The van der Waals surface area contributed by atoms with Gasteiger partial charge in [-0.05, 0) is 54.2 Å². The third-order valence-corrected chi connectivity index (χ3v) is 7.48. The van der Waals surface area contributed by atoms with Gasteiger partial charge in [0.1, 0.15) is 0 Å². The van der Waals surface area contributed by atoms with Gasteiger partial charge in [-0.3, -0.25) is 4.79 Å². The van der Waals surface area contributed by atoms with Gasteiger partial charge < -0.3 is 10.1 Å². The maximum absolute atomic E-state index is 12.3. The van der Waals surface area contributed by atoms with Crippen molar-refractivity contribution in [1.29, 1.82) is 0 Å². The zero-order chi connectivity index (χ0) is 20.6. The summed E-state index contributed by atoms with van der Waals surface area (Å²) in [6, 6.07) is 11.7. The Labute approximate surface area is 171 Å². The number of benzene rings is 1. The molecule has 5 nitrogen and oxygen atoms in total. The van der Waals surface area contributed by atoms with Crippen LogP contribution in [-0.4, -0.2) is 29.5 Å². The number of para-hydroxylation sites is 1. The summed E-state index contributed by atoms with van der Waals surface area (Å²) in [6.45, 7) is 6.63. The smallest absolute Gasteiger partial charge is 0.331 e. The van der Waals surface area contributed by atoms with Crippen LogP contribution in [0.25, 0.3) is 17.0 Å². The van der Waals surface area contributed by atoms with Gasteiger partial charge >= 0.3 is 5.97 Å². The summed E-state index contributed by atoms with van der Waals surface area (Å²) in [7, 11) is 0. The topological polar surface area (TPSA) is 68.3 Å². The van der Waals surface area contributed by atoms with Crippen molar-refractivity contribution < 1.29 is 14.3 Å². The van der Waals surface area contributed by atoms with Crippen LogP contribution in [0, 0.1) is 16.7 Å². The molecule has 0 saturated heterocycles. The Morgan fingerprint density at radius 2 is 2.00 bits per heavy atom. The molecule has 1 aromatic carbocycles. The molecule has 0 spiro atoms. The number of pyridine rings is 1. The molecular formula is C24H28N2O3. The number of hydrogen-bond donors (Lipinski definition) is 1. The molecule has 2 aliphatic carbocycles. The fourth-order valence-corrected chi connectivity index (χ4v) is 5.17. The number of amides is 1. The minimum atomic E-state index is -0.547.